The molecule has 0 unspecified atom stereocenters. The van der Waals surface area contributed by atoms with Crippen LogP contribution in [0.1, 0.15) is 22.6 Å². The predicted molar refractivity (Wildman–Crippen MR) is 83.9 cm³/mol. The second kappa shape index (κ2) is 6.99. The summed E-state index contributed by atoms with van der Waals surface area (Å²) in [5, 5.41) is 9.46. The molecule has 1 aromatic carbocycles. The lowest BCUT2D eigenvalue weighted by Crippen LogP contribution is -2.25. The van der Waals surface area contributed by atoms with Crippen molar-refractivity contribution in [3.8, 4) is 0 Å². The fraction of sp³-hybridized carbons (Fsp3) is 0.250. The lowest BCUT2D eigenvalue weighted by Gasteiger charge is -2.06. The van der Waals surface area contributed by atoms with Crippen LogP contribution in [0.15, 0.2) is 29.0 Å². The van der Waals surface area contributed by atoms with E-state index in [1.54, 1.807) is 0 Å². The summed E-state index contributed by atoms with van der Waals surface area (Å²) in [6, 6.07) is 5.69. The molecule has 2 rings (SSSR count). The topological polar surface area (TPSA) is 70.7 Å². The highest BCUT2D eigenvalue weighted by Gasteiger charge is 2.09. The van der Waals surface area contributed by atoms with Crippen LogP contribution in [-0.2, 0) is 6.42 Å². The number of nitrogens with zero attached hydrogens (tertiary/aromatic N) is 2. The molecule has 0 atom stereocenters. The Morgan fingerprint density at radius 3 is 3.05 bits per heavy atom. The third-order valence-electron chi connectivity index (χ3n) is 2.51. The van der Waals surface area contributed by atoms with Crippen LogP contribution < -0.4 is 5.32 Å². The van der Waals surface area contributed by atoms with E-state index < -0.39 is 0 Å². The van der Waals surface area contributed by atoms with Gasteiger partial charge in [0.2, 0.25) is 0 Å². The van der Waals surface area contributed by atoms with Gasteiger partial charge in [-0.3, -0.25) is 9.89 Å². The third kappa shape index (κ3) is 4.27. The largest absolute Gasteiger partial charge is 0.352 e. The molecule has 19 heavy (non-hydrogen) atoms. The number of H-pyrrole nitrogens is 1. The number of hydrogen-bond donors (Lipinski definition) is 2. The maximum Gasteiger partial charge on any atom is 0.252 e. The molecule has 0 saturated heterocycles. The molecule has 1 heterocycles. The van der Waals surface area contributed by atoms with Crippen molar-refractivity contribution in [2.75, 3.05) is 6.54 Å². The van der Waals surface area contributed by atoms with E-state index in [0.717, 1.165) is 26.7 Å². The van der Waals surface area contributed by atoms with Crippen molar-refractivity contribution in [1.29, 1.82) is 0 Å². The van der Waals surface area contributed by atoms with Crippen LogP contribution in [0, 0.1) is 3.57 Å². The molecule has 5 nitrogen and oxygen atoms in total. The molecule has 0 saturated carbocycles. The number of carbonyl (C=O) groups is 1. The van der Waals surface area contributed by atoms with Gasteiger partial charge < -0.3 is 5.32 Å². The molecule has 0 spiro atoms. The molecular weight excluding hydrogens is 423 g/mol. The number of benzene rings is 1. The fourth-order valence-electron chi connectivity index (χ4n) is 1.58. The number of halogens is 2. The van der Waals surface area contributed by atoms with Gasteiger partial charge >= 0.3 is 0 Å². The summed E-state index contributed by atoms with van der Waals surface area (Å²) in [4.78, 5) is 16.0. The average molecular weight is 435 g/mol. The molecule has 7 heteroatoms. The van der Waals surface area contributed by atoms with Gasteiger partial charge in [-0.25, -0.2) is 4.98 Å². The quantitative estimate of drug-likeness (QED) is 0.561. The second-order valence-corrected chi connectivity index (χ2v) is 6.02. The number of nitrogens with one attached hydrogen (secondary N) is 2. The summed E-state index contributed by atoms with van der Waals surface area (Å²) in [6.45, 7) is 0.609. The summed E-state index contributed by atoms with van der Waals surface area (Å²) in [5.74, 6) is 0.771. The fourth-order valence-corrected chi connectivity index (χ4v) is 2.49. The Labute approximate surface area is 132 Å². The third-order valence-corrected chi connectivity index (χ3v) is 3.88. The molecule has 1 amide bonds. The molecular formula is C12H12BrIN4O. The molecule has 2 N–H and O–H groups in total. The standard InChI is InChI=1S/C12H12BrIN4O/c13-10-4-3-8(14)6-9(10)12(19)15-5-1-2-11-16-7-17-18-11/h3-4,6-7H,1-2,5H2,(H,15,19)(H,16,17,18). The first kappa shape index (κ1) is 14.4. The zero-order valence-electron chi connectivity index (χ0n) is 9.99. The lowest BCUT2D eigenvalue weighted by molar-refractivity contribution is 0.0952. The highest BCUT2D eigenvalue weighted by atomic mass is 127. The Bertz CT molecular complexity index is 559. The zero-order chi connectivity index (χ0) is 13.7. The van der Waals surface area contributed by atoms with E-state index in [-0.39, 0.29) is 5.91 Å². The summed E-state index contributed by atoms with van der Waals surface area (Å²) in [6.07, 6.45) is 3.08. The predicted octanol–water partition coefficient (Wildman–Crippen LogP) is 2.53. The minimum Gasteiger partial charge on any atom is -0.352 e. The molecule has 0 aliphatic heterocycles. The molecule has 0 fully saturated rings. The maximum atomic E-state index is 12.0. The van der Waals surface area contributed by atoms with Gasteiger partial charge in [-0.15, -0.1) is 0 Å². The second-order valence-electron chi connectivity index (χ2n) is 3.92. The van der Waals surface area contributed by atoms with Gasteiger partial charge in [0.25, 0.3) is 5.91 Å². The van der Waals surface area contributed by atoms with Crippen LogP contribution in [0.3, 0.4) is 0 Å². The van der Waals surface area contributed by atoms with Gasteiger partial charge in [0, 0.05) is 21.0 Å². The molecule has 2 aromatic rings. The number of hydrogen-bond acceptors (Lipinski definition) is 3. The van der Waals surface area contributed by atoms with Crippen LogP contribution in [0.2, 0.25) is 0 Å². The van der Waals surface area contributed by atoms with Crippen molar-refractivity contribution in [1.82, 2.24) is 20.5 Å². The van der Waals surface area contributed by atoms with Crippen molar-refractivity contribution >= 4 is 44.4 Å². The minimum atomic E-state index is -0.0667. The Morgan fingerprint density at radius 1 is 1.47 bits per heavy atom. The van der Waals surface area contributed by atoms with E-state index in [0.29, 0.717) is 12.1 Å². The van der Waals surface area contributed by atoms with E-state index in [9.17, 15) is 4.79 Å². The molecule has 1 aromatic heterocycles. The summed E-state index contributed by atoms with van der Waals surface area (Å²) < 4.78 is 1.84. The number of carbonyl (C=O) groups excluding carboxylic acids is 1. The van der Waals surface area contributed by atoms with Gasteiger partial charge in [-0.2, -0.15) is 5.10 Å². The number of amides is 1. The van der Waals surface area contributed by atoms with Gasteiger partial charge in [0.05, 0.1) is 5.56 Å². The smallest absolute Gasteiger partial charge is 0.252 e. The number of aromatic amines is 1. The number of rotatable bonds is 5. The Kier molecular flexibility index (Phi) is 5.32. The first-order chi connectivity index (χ1) is 9.16. The first-order valence-electron chi connectivity index (χ1n) is 5.74. The van der Waals surface area contributed by atoms with Crippen molar-refractivity contribution in [2.24, 2.45) is 0 Å². The summed E-state index contributed by atoms with van der Waals surface area (Å²) >= 11 is 5.57. The number of aryl methyl sites for hydroxylation is 1. The van der Waals surface area contributed by atoms with Crippen molar-refractivity contribution in [3.63, 3.8) is 0 Å². The van der Waals surface area contributed by atoms with Gasteiger partial charge in [-0.05, 0) is 63.1 Å². The van der Waals surface area contributed by atoms with Crippen LogP contribution in [0.4, 0.5) is 0 Å². The Hall–Kier alpha value is -0.960. The molecule has 0 radical (unpaired) electrons. The zero-order valence-corrected chi connectivity index (χ0v) is 13.7. The molecule has 0 aliphatic rings. The molecule has 0 aliphatic carbocycles. The van der Waals surface area contributed by atoms with Crippen LogP contribution in [0.5, 0.6) is 0 Å². The van der Waals surface area contributed by atoms with Crippen LogP contribution in [0.25, 0.3) is 0 Å². The SMILES string of the molecule is O=C(NCCCc1ncn[nH]1)c1cc(I)ccc1Br. The van der Waals surface area contributed by atoms with E-state index in [4.69, 9.17) is 0 Å². The Balaban J connectivity index is 1.82. The highest BCUT2D eigenvalue weighted by molar-refractivity contribution is 14.1. The van der Waals surface area contributed by atoms with Crippen LogP contribution >= 0.6 is 38.5 Å². The lowest BCUT2D eigenvalue weighted by atomic mass is 10.2. The van der Waals surface area contributed by atoms with E-state index in [1.165, 1.54) is 6.33 Å². The normalized spacial score (nSPS) is 10.4. The van der Waals surface area contributed by atoms with Crippen LogP contribution in [-0.4, -0.2) is 27.6 Å². The maximum absolute atomic E-state index is 12.0. The van der Waals surface area contributed by atoms with E-state index in [2.05, 4.69) is 59.0 Å². The van der Waals surface area contributed by atoms with Gasteiger partial charge in [0.15, 0.2) is 0 Å². The van der Waals surface area contributed by atoms with Crippen molar-refractivity contribution < 1.29 is 4.79 Å². The van der Waals surface area contributed by atoms with Crippen molar-refractivity contribution in [3.05, 3.63) is 44.0 Å². The van der Waals surface area contributed by atoms with Crippen molar-refractivity contribution in [2.45, 2.75) is 12.8 Å². The Morgan fingerprint density at radius 2 is 2.32 bits per heavy atom. The summed E-state index contributed by atoms with van der Waals surface area (Å²) in [5.41, 5.74) is 0.659. The minimum absolute atomic E-state index is 0.0667. The molecule has 0 bridgehead atoms. The van der Waals surface area contributed by atoms with Gasteiger partial charge in [-0.1, -0.05) is 0 Å². The average Bonchev–Trinajstić information content (AvgIpc) is 2.90. The monoisotopic (exact) mass is 434 g/mol. The first-order valence-corrected chi connectivity index (χ1v) is 7.61. The highest BCUT2D eigenvalue weighted by Crippen LogP contribution is 2.19. The van der Waals surface area contributed by atoms with E-state index in [1.807, 2.05) is 18.2 Å². The molecule has 100 valence electrons. The number of aromatic nitrogens is 3. The van der Waals surface area contributed by atoms with Gasteiger partial charge in [0.1, 0.15) is 12.2 Å². The van der Waals surface area contributed by atoms with E-state index >= 15 is 0 Å². The summed E-state index contributed by atoms with van der Waals surface area (Å²) in [7, 11) is 0.